The summed E-state index contributed by atoms with van der Waals surface area (Å²) in [6, 6.07) is 10.9. The second-order valence-electron chi connectivity index (χ2n) is 4.87. The highest BCUT2D eigenvalue weighted by atomic mass is 32.1. The van der Waals surface area contributed by atoms with E-state index in [2.05, 4.69) is 35.8 Å². The van der Waals surface area contributed by atoms with E-state index in [1.165, 1.54) is 10.4 Å². The second-order valence-corrected chi connectivity index (χ2v) is 5.85. The number of benzene rings is 1. The molecule has 0 aliphatic rings. The molecule has 2 aromatic rings. The molecule has 0 aliphatic carbocycles. The van der Waals surface area contributed by atoms with Crippen molar-refractivity contribution in [3.63, 3.8) is 0 Å². The van der Waals surface area contributed by atoms with E-state index >= 15 is 0 Å². The van der Waals surface area contributed by atoms with Crippen LogP contribution in [0.3, 0.4) is 0 Å². The van der Waals surface area contributed by atoms with Gasteiger partial charge in [-0.3, -0.25) is 0 Å². The summed E-state index contributed by atoms with van der Waals surface area (Å²) in [5, 5.41) is 5.76. The van der Waals surface area contributed by atoms with Crippen LogP contribution in [0.2, 0.25) is 0 Å². The van der Waals surface area contributed by atoms with Crippen molar-refractivity contribution >= 4 is 11.3 Å². The maximum Gasteiger partial charge on any atom is 0.160 e. The lowest BCUT2D eigenvalue weighted by atomic mass is 10.1. The molecule has 0 saturated heterocycles. The Morgan fingerprint density at radius 2 is 1.95 bits per heavy atom. The highest BCUT2D eigenvalue weighted by molar-refractivity contribution is 7.10. The SMILES string of the molecule is CCC(NCCc1ccc(OC)c(OC)c1)c1cccs1. The van der Waals surface area contributed by atoms with Gasteiger partial charge in [0.15, 0.2) is 11.5 Å². The topological polar surface area (TPSA) is 30.5 Å². The first-order chi connectivity index (χ1) is 10.3. The van der Waals surface area contributed by atoms with Crippen LogP contribution in [0.4, 0.5) is 0 Å². The van der Waals surface area contributed by atoms with Crippen molar-refractivity contribution in [3.05, 3.63) is 46.2 Å². The molecule has 4 heteroatoms. The van der Waals surface area contributed by atoms with Crippen LogP contribution in [0.25, 0.3) is 0 Å². The summed E-state index contributed by atoms with van der Waals surface area (Å²) >= 11 is 1.81. The van der Waals surface area contributed by atoms with Crippen molar-refractivity contribution < 1.29 is 9.47 Å². The van der Waals surface area contributed by atoms with Crippen molar-refractivity contribution in [2.45, 2.75) is 25.8 Å². The second kappa shape index (κ2) is 8.05. The Hall–Kier alpha value is -1.52. The third-order valence-electron chi connectivity index (χ3n) is 3.55. The number of methoxy groups -OCH3 is 2. The summed E-state index contributed by atoms with van der Waals surface area (Å²) in [6.07, 6.45) is 2.08. The minimum atomic E-state index is 0.449. The zero-order valence-electron chi connectivity index (χ0n) is 12.9. The molecule has 114 valence electrons. The lowest BCUT2D eigenvalue weighted by molar-refractivity contribution is 0.354. The van der Waals surface area contributed by atoms with Gasteiger partial charge in [0.1, 0.15) is 0 Å². The quantitative estimate of drug-likeness (QED) is 0.798. The van der Waals surface area contributed by atoms with E-state index in [4.69, 9.17) is 9.47 Å². The van der Waals surface area contributed by atoms with E-state index in [0.717, 1.165) is 30.9 Å². The molecule has 1 unspecified atom stereocenters. The molecule has 1 aromatic carbocycles. The van der Waals surface area contributed by atoms with Gasteiger partial charge in [-0.25, -0.2) is 0 Å². The third-order valence-corrected chi connectivity index (χ3v) is 4.53. The van der Waals surface area contributed by atoms with Gasteiger partial charge in [-0.15, -0.1) is 11.3 Å². The summed E-state index contributed by atoms with van der Waals surface area (Å²) in [5.74, 6) is 1.57. The predicted molar refractivity (Wildman–Crippen MR) is 88.6 cm³/mol. The molecule has 1 atom stereocenters. The van der Waals surface area contributed by atoms with E-state index in [-0.39, 0.29) is 0 Å². The maximum absolute atomic E-state index is 5.34. The van der Waals surface area contributed by atoms with Crippen LogP contribution < -0.4 is 14.8 Å². The van der Waals surface area contributed by atoms with Crippen LogP contribution in [0, 0.1) is 0 Å². The number of hydrogen-bond donors (Lipinski definition) is 1. The Morgan fingerprint density at radius 1 is 1.14 bits per heavy atom. The number of hydrogen-bond acceptors (Lipinski definition) is 4. The lowest BCUT2D eigenvalue weighted by Crippen LogP contribution is -2.22. The van der Waals surface area contributed by atoms with Crippen LogP contribution in [-0.4, -0.2) is 20.8 Å². The fourth-order valence-electron chi connectivity index (χ4n) is 2.36. The average Bonchev–Trinajstić information content (AvgIpc) is 3.05. The third kappa shape index (κ3) is 4.22. The standard InChI is InChI=1S/C17H23NO2S/c1-4-14(17-6-5-11-21-17)18-10-9-13-7-8-15(19-2)16(12-13)20-3/h5-8,11-12,14,18H,4,9-10H2,1-3H3. The smallest absolute Gasteiger partial charge is 0.160 e. The van der Waals surface area contributed by atoms with Crippen molar-refractivity contribution in [1.29, 1.82) is 0 Å². The van der Waals surface area contributed by atoms with Crippen LogP contribution >= 0.6 is 11.3 Å². The Balaban J connectivity index is 1.91. The number of rotatable bonds is 8. The summed E-state index contributed by atoms with van der Waals surface area (Å²) in [6.45, 7) is 3.17. The summed E-state index contributed by atoms with van der Waals surface area (Å²) in [4.78, 5) is 1.41. The van der Waals surface area contributed by atoms with E-state index in [9.17, 15) is 0 Å². The monoisotopic (exact) mass is 305 g/mol. The van der Waals surface area contributed by atoms with Crippen molar-refractivity contribution in [2.75, 3.05) is 20.8 Å². The van der Waals surface area contributed by atoms with Gasteiger partial charge in [0, 0.05) is 10.9 Å². The van der Waals surface area contributed by atoms with Crippen molar-refractivity contribution in [1.82, 2.24) is 5.32 Å². The van der Waals surface area contributed by atoms with E-state index in [1.54, 1.807) is 14.2 Å². The highest BCUT2D eigenvalue weighted by Crippen LogP contribution is 2.27. The van der Waals surface area contributed by atoms with Gasteiger partial charge >= 0.3 is 0 Å². The Labute approximate surface area is 130 Å². The van der Waals surface area contributed by atoms with E-state index in [0.29, 0.717) is 6.04 Å². The molecule has 1 N–H and O–H groups in total. The average molecular weight is 305 g/mol. The van der Waals surface area contributed by atoms with Crippen LogP contribution in [0.15, 0.2) is 35.7 Å². The summed E-state index contributed by atoms with van der Waals surface area (Å²) in [5.41, 5.74) is 1.25. The first kappa shape index (κ1) is 15.9. The number of ether oxygens (including phenoxy) is 2. The molecule has 0 fully saturated rings. The molecule has 3 nitrogen and oxygen atoms in total. The van der Waals surface area contributed by atoms with Gasteiger partial charge in [0.05, 0.1) is 14.2 Å². The first-order valence-corrected chi connectivity index (χ1v) is 8.14. The highest BCUT2D eigenvalue weighted by Gasteiger charge is 2.09. The first-order valence-electron chi connectivity index (χ1n) is 7.26. The lowest BCUT2D eigenvalue weighted by Gasteiger charge is -2.16. The summed E-state index contributed by atoms with van der Waals surface area (Å²) < 4.78 is 10.6. The molecule has 0 aliphatic heterocycles. The van der Waals surface area contributed by atoms with Crippen molar-refractivity contribution in [3.8, 4) is 11.5 Å². The van der Waals surface area contributed by atoms with Crippen LogP contribution in [0.5, 0.6) is 11.5 Å². The molecule has 21 heavy (non-hydrogen) atoms. The fourth-order valence-corrected chi connectivity index (χ4v) is 3.25. The van der Waals surface area contributed by atoms with Gasteiger partial charge in [-0.1, -0.05) is 19.1 Å². The Bertz CT molecular complexity index is 540. The summed E-state index contributed by atoms with van der Waals surface area (Å²) in [7, 11) is 3.33. The minimum Gasteiger partial charge on any atom is -0.493 e. The van der Waals surface area contributed by atoms with Gasteiger partial charge in [0.25, 0.3) is 0 Å². The molecular formula is C17H23NO2S. The van der Waals surface area contributed by atoms with Crippen LogP contribution in [0.1, 0.15) is 29.8 Å². The molecule has 2 rings (SSSR count). The number of nitrogens with one attached hydrogen (secondary N) is 1. The molecule has 0 saturated carbocycles. The molecule has 0 radical (unpaired) electrons. The largest absolute Gasteiger partial charge is 0.493 e. The molecule has 0 spiro atoms. The molecule has 1 aromatic heterocycles. The fraction of sp³-hybridized carbons (Fsp3) is 0.412. The minimum absolute atomic E-state index is 0.449. The van der Waals surface area contributed by atoms with E-state index < -0.39 is 0 Å². The molecule has 0 bridgehead atoms. The Kier molecular flexibility index (Phi) is 6.08. The van der Waals surface area contributed by atoms with Crippen molar-refractivity contribution in [2.24, 2.45) is 0 Å². The Morgan fingerprint density at radius 3 is 2.57 bits per heavy atom. The predicted octanol–water partition coefficient (Wildman–Crippen LogP) is 4.05. The van der Waals surface area contributed by atoms with Crippen LogP contribution in [-0.2, 0) is 6.42 Å². The molecular weight excluding hydrogens is 282 g/mol. The van der Waals surface area contributed by atoms with Gasteiger partial charge < -0.3 is 14.8 Å². The zero-order valence-corrected chi connectivity index (χ0v) is 13.7. The normalized spacial score (nSPS) is 12.1. The zero-order chi connectivity index (χ0) is 15.1. The van der Waals surface area contributed by atoms with Gasteiger partial charge in [0.2, 0.25) is 0 Å². The van der Waals surface area contributed by atoms with Gasteiger partial charge in [-0.2, -0.15) is 0 Å². The molecule has 1 heterocycles. The number of thiophene rings is 1. The maximum atomic E-state index is 5.34. The van der Waals surface area contributed by atoms with Gasteiger partial charge in [-0.05, 0) is 48.5 Å². The van der Waals surface area contributed by atoms with E-state index in [1.807, 2.05) is 23.5 Å². The molecule has 0 amide bonds.